The quantitative estimate of drug-likeness (QED) is 0.108. The van der Waals surface area contributed by atoms with Crippen molar-refractivity contribution < 1.29 is 0 Å². The molecule has 1 aliphatic carbocycles. The van der Waals surface area contributed by atoms with Gasteiger partial charge in [0.1, 0.15) is 0 Å². The zero-order valence-corrected chi connectivity index (χ0v) is 30.7. The highest BCUT2D eigenvalue weighted by atomic mass is 127. The van der Waals surface area contributed by atoms with Crippen molar-refractivity contribution in [1.82, 2.24) is 3.11 Å². The van der Waals surface area contributed by atoms with Crippen molar-refractivity contribution in [3.8, 4) is 11.1 Å². The van der Waals surface area contributed by atoms with Gasteiger partial charge in [0.15, 0.2) is 0 Å². The first-order valence-corrected chi connectivity index (χ1v) is 19.3. The average molecular weight is 716 g/mol. The van der Waals surface area contributed by atoms with Crippen molar-refractivity contribution in [2.75, 3.05) is 49.1 Å². The Morgan fingerprint density at radius 3 is 1.76 bits per heavy atom. The molecule has 0 heterocycles. The van der Waals surface area contributed by atoms with E-state index in [0.29, 0.717) is 0 Å². The number of hydrogen-bond donors (Lipinski definition) is 0. The molecule has 0 fully saturated rings. The Morgan fingerprint density at radius 1 is 0.600 bits per heavy atom. The molecule has 4 rings (SSSR count). The minimum atomic E-state index is -0.152. The fraction of sp³-hybridized carbons (Fsp3) is 0.390. The third kappa shape index (κ3) is 9.29. The molecule has 0 saturated heterocycles. The van der Waals surface area contributed by atoms with E-state index >= 15 is 0 Å². The molecule has 0 spiro atoms. The van der Waals surface area contributed by atoms with E-state index in [2.05, 4.69) is 152 Å². The standard InChI is InChI=1S/C41H54IN3/c1-7-13-30-44(31-14-8-2)38-28-29-39(40(32-38)33-18-16-15-17-19-33)41(35-22-26-37(27-23-35)43(9-3)10-4)34-20-24-36(25-21-34)42-45(11-5)12-6/h15-29,32H,7-14,30-31H2,1-6H3. The molecule has 0 radical (unpaired) electrons. The number of halogens is 1. The van der Waals surface area contributed by atoms with Gasteiger partial charge in [0, 0.05) is 54.2 Å². The molecule has 0 saturated carbocycles. The first-order valence-electron chi connectivity index (χ1n) is 17.2. The summed E-state index contributed by atoms with van der Waals surface area (Å²) in [5.41, 5.74) is 10.3. The van der Waals surface area contributed by atoms with Crippen LogP contribution < -0.4 is 9.80 Å². The normalized spacial score (nSPS) is 12.7. The van der Waals surface area contributed by atoms with E-state index in [1.54, 1.807) is 0 Å². The van der Waals surface area contributed by atoms with E-state index < -0.39 is 0 Å². The van der Waals surface area contributed by atoms with Crippen LogP contribution >= 0.6 is 21.0 Å². The maximum Gasteiger partial charge on any atom is 0.0372 e. The Kier molecular flexibility index (Phi) is 14.2. The Labute approximate surface area is 284 Å². The van der Waals surface area contributed by atoms with E-state index in [0.717, 1.165) is 39.3 Å². The number of nitrogens with zero attached hydrogens (tertiary/aromatic N) is 3. The van der Waals surface area contributed by atoms with E-state index in [9.17, 15) is 0 Å². The molecule has 3 nitrogen and oxygen atoms in total. The minimum absolute atomic E-state index is 0.152. The summed E-state index contributed by atoms with van der Waals surface area (Å²) in [6.45, 7) is 20.0. The fourth-order valence-corrected chi connectivity index (χ4v) is 8.08. The lowest BCUT2D eigenvalue weighted by Gasteiger charge is -2.27. The molecule has 3 aromatic carbocycles. The van der Waals surface area contributed by atoms with Gasteiger partial charge in [-0.3, -0.25) is 3.11 Å². The van der Waals surface area contributed by atoms with E-state index in [-0.39, 0.29) is 21.0 Å². The van der Waals surface area contributed by atoms with Gasteiger partial charge in [-0.15, -0.1) is 0 Å². The summed E-state index contributed by atoms with van der Waals surface area (Å²) in [5, 5.41) is 0. The van der Waals surface area contributed by atoms with Gasteiger partial charge >= 0.3 is 0 Å². The predicted molar refractivity (Wildman–Crippen MR) is 210 cm³/mol. The van der Waals surface area contributed by atoms with Crippen LogP contribution in [-0.2, 0) is 0 Å². The highest BCUT2D eigenvalue weighted by Crippen LogP contribution is 2.39. The van der Waals surface area contributed by atoms with Gasteiger partial charge in [-0.1, -0.05) is 101 Å². The third-order valence-electron chi connectivity index (χ3n) is 8.61. The number of allylic oxidation sites excluding steroid dienone is 5. The predicted octanol–water partition coefficient (Wildman–Crippen LogP) is 10.9. The van der Waals surface area contributed by atoms with E-state index in [4.69, 9.17) is 0 Å². The van der Waals surface area contributed by atoms with Crippen LogP contribution in [0.25, 0.3) is 16.7 Å². The van der Waals surface area contributed by atoms with Crippen LogP contribution in [0.2, 0.25) is 0 Å². The summed E-state index contributed by atoms with van der Waals surface area (Å²) < 4.78 is 4.05. The molecule has 0 amide bonds. The van der Waals surface area contributed by atoms with Crippen LogP contribution in [0, 0.1) is 0 Å². The van der Waals surface area contributed by atoms with Crippen molar-refractivity contribution in [3.63, 3.8) is 0 Å². The summed E-state index contributed by atoms with van der Waals surface area (Å²) in [6, 6.07) is 27.5. The second-order valence-corrected chi connectivity index (χ2v) is 14.7. The lowest BCUT2D eigenvalue weighted by molar-refractivity contribution is 0.567. The SMILES string of the molecule is CCCCN(CCCC)c1ccc(C(=C2C=CC(=IN(CC)CC)C=C2)c2ccc(N(CC)CC)cc2)c(-c2ccccc2)c1. The van der Waals surface area contributed by atoms with Gasteiger partial charge in [-0.25, -0.2) is 0 Å². The molecular formula is C41H54IN3. The topological polar surface area (TPSA) is 9.72 Å². The number of rotatable bonds is 16. The molecule has 4 heteroatoms. The zero-order valence-electron chi connectivity index (χ0n) is 28.5. The fourth-order valence-electron chi connectivity index (χ4n) is 5.93. The summed E-state index contributed by atoms with van der Waals surface area (Å²) >= 11 is -0.152. The zero-order chi connectivity index (χ0) is 32.0. The van der Waals surface area contributed by atoms with Crippen LogP contribution in [-0.4, -0.2) is 45.9 Å². The number of anilines is 2. The first-order chi connectivity index (χ1) is 22.1. The summed E-state index contributed by atoms with van der Waals surface area (Å²) in [5.74, 6) is 0. The Hall–Kier alpha value is -2.96. The molecule has 1 aliphatic rings. The molecule has 0 aliphatic heterocycles. The largest absolute Gasteiger partial charge is 0.372 e. The van der Waals surface area contributed by atoms with Gasteiger partial charge in [0.05, 0.1) is 0 Å². The van der Waals surface area contributed by atoms with Crippen molar-refractivity contribution in [1.29, 1.82) is 0 Å². The smallest absolute Gasteiger partial charge is 0.0372 e. The van der Waals surface area contributed by atoms with E-state index in [1.165, 1.54) is 74.0 Å². The van der Waals surface area contributed by atoms with Gasteiger partial charge in [0.25, 0.3) is 0 Å². The van der Waals surface area contributed by atoms with Crippen molar-refractivity contribution >= 4 is 41.5 Å². The Balaban J connectivity index is 1.91. The molecular weight excluding hydrogens is 661 g/mol. The lowest BCUT2D eigenvalue weighted by atomic mass is 9.86. The molecule has 0 N–H and O–H groups in total. The molecule has 240 valence electrons. The van der Waals surface area contributed by atoms with E-state index in [1.807, 2.05) is 0 Å². The lowest BCUT2D eigenvalue weighted by Crippen LogP contribution is -2.25. The molecule has 3 aromatic rings. The van der Waals surface area contributed by atoms with Crippen molar-refractivity contribution in [3.05, 3.63) is 114 Å². The van der Waals surface area contributed by atoms with Gasteiger partial charge in [0.2, 0.25) is 0 Å². The van der Waals surface area contributed by atoms with Crippen molar-refractivity contribution in [2.45, 2.75) is 67.2 Å². The van der Waals surface area contributed by atoms with Crippen LogP contribution in [0.4, 0.5) is 11.4 Å². The molecule has 45 heavy (non-hydrogen) atoms. The summed E-state index contributed by atoms with van der Waals surface area (Å²) in [7, 11) is 0. The summed E-state index contributed by atoms with van der Waals surface area (Å²) in [4.78, 5) is 5.02. The van der Waals surface area contributed by atoms with Crippen LogP contribution in [0.1, 0.15) is 78.4 Å². The average Bonchev–Trinajstić information content (AvgIpc) is 3.09. The minimum Gasteiger partial charge on any atom is -0.372 e. The molecule has 0 bridgehead atoms. The molecule has 0 atom stereocenters. The Bertz CT molecular complexity index is 1430. The monoisotopic (exact) mass is 715 g/mol. The maximum atomic E-state index is 2.60. The number of benzene rings is 3. The van der Waals surface area contributed by atoms with Crippen LogP contribution in [0.15, 0.2) is 103 Å². The highest BCUT2D eigenvalue weighted by Gasteiger charge is 2.19. The van der Waals surface area contributed by atoms with Gasteiger partial charge in [-0.05, 0) is 118 Å². The van der Waals surface area contributed by atoms with Crippen LogP contribution in [0.3, 0.4) is 0 Å². The molecule has 0 unspecified atom stereocenters. The Morgan fingerprint density at radius 2 is 1.20 bits per heavy atom. The highest BCUT2D eigenvalue weighted by molar-refractivity contribution is 14.2. The van der Waals surface area contributed by atoms with Crippen molar-refractivity contribution in [2.24, 2.45) is 0 Å². The summed E-state index contributed by atoms with van der Waals surface area (Å²) in [6.07, 6.45) is 14.3. The second-order valence-electron chi connectivity index (χ2n) is 11.6. The second kappa shape index (κ2) is 18.3. The number of unbranched alkanes of at least 4 members (excludes halogenated alkanes) is 2. The third-order valence-corrected chi connectivity index (χ3v) is 11.9. The molecule has 0 aromatic heterocycles. The maximum absolute atomic E-state index is 2.60. The van der Waals surface area contributed by atoms with Gasteiger partial charge in [-0.2, -0.15) is 0 Å². The number of hydrogen-bond acceptors (Lipinski definition) is 3. The van der Waals surface area contributed by atoms with Crippen LogP contribution in [0.5, 0.6) is 0 Å². The van der Waals surface area contributed by atoms with Gasteiger partial charge < -0.3 is 9.80 Å². The first kappa shape index (κ1) is 34.9.